The third-order valence-electron chi connectivity index (χ3n) is 4.08. The number of aliphatic hydroxyl groups is 1. The van der Waals surface area contributed by atoms with Crippen molar-refractivity contribution in [2.24, 2.45) is 11.5 Å². The van der Waals surface area contributed by atoms with Crippen LogP contribution in [0, 0.1) is 0 Å². The monoisotopic (exact) mass is 449 g/mol. The van der Waals surface area contributed by atoms with Gasteiger partial charge in [-0.2, -0.15) is 11.8 Å². The molecule has 0 aliphatic heterocycles. The molecule has 0 bridgehead atoms. The Balaban J connectivity index is 5.00. The number of hydrogen-bond donors (Lipinski definition) is 7. The molecule has 9 N–H and O–H groups in total. The fraction of sp³-hybridized carbons (Fsp3) is 0.706. The van der Waals surface area contributed by atoms with Gasteiger partial charge in [0.05, 0.1) is 12.1 Å². The predicted octanol–water partition coefficient (Wildman–Crippen LogP) is -2.73. The summed E-state index contributed by atoms with van der Waals surface area (Å²) in [7, 11) is 0. The van der Waals surface area contributed by atoms with E-state index in [4.69, 9.17) is 16.6 Å². The van der Waals surface area contributed by atoms with Gasteiger partial charge < -0.3 is 37.6 Å². The number of carbonyl (C=O) groups excluding carboxylic acids is 4. The second-order valence-corrected chi connectivity index (χ2v) is 7.74. The highest BCUT2D eigenvalue weighted by Crippen LogP contribution is 2.04. The summed E-state index contributed by atoms with van der Waals surface area (Å²) >= 11 is 1.44. The van der Waals surface area contributed by atoms with Crippen molar-refractivity contribution in [1.29, 1.82) is 0 Å². The smallest absolute Gasteiger partial charge is 0.328 e. The van der Waals surface area contributed by atoms with E-state index in [0.29, 0.717) is 5.75 Å². The van der Waals surface area contributed by atoms with Gasteiger partial charge in [-0.3, -0.25) is 19.2 Å². The zero-order valence-corrected chi connectivity index (χ0v) is 18.0. The summed E-state index contributed by atoms with van der Waals surface area (Å²) in [6.07, 6.45) is 0.660. The van der Waals surface area contributed by atoms with E-state index in [9.17, 15) is 29.1 Å². The number of thioether (sulfide) groups is 1. The van der Waals surface area contributed by atoms with E-state index in [1.165, 1.54) is 25.6 Å². The predicted molar refractivity (Wildman–Crippen MR) is 110 cm³/mol. The van der Waals surface area contributed by atoms with Gasteiger partial charge in [0.1, 0.15) is 12.1 Å². The first kappa shape index (κ1) is 27.6. The molecule has 0 aliphatic rings. The summed E-state index contributed by atoms with van der Waals surface area (Å²) < 4.78 is 0. The SMILES string of the molecule is CSCCC(NC(=O)C(N)CCC(N)=O)C(=O)NC(C)C(=O)NC(C(=O)O)C(C)O. The van der Waals surface area contributed by atoms with Crippen LogP contribution >= 0.6 is 11.8 Å². The normalized spacial score (nSPS) is 15.8. The number of carboxylic acid groups (broad SMARTS) is 1. The van der Waals surface area contributed by atoms with Gasteiger partial charge in [-0.05, 0) is 38.7 Å². The molecule has 0 aliphatic carbocycles. The average Bonchev–Trinajstić information content (AvgIpc) is 2.65. The maximum atomic E-state index is 12.5. The van der Waals surface area contributed by atoms with E-state index >= 15 is 0 Å². The maximum absolute atomic E-state index is 12.5. The van der Waals surface area contributed by atoms with Crippen LogP contribution in [0.3, 0.4) is 0 Å². The number of carboxylic acids is 1. The largest absolute Gasteiger partial charge is 0.480 e. The number of primary amides is 1. The number of amides is 4. The van der Waals surface area contributed by atoms with Crippen molar-refractivity contribution in [1.82, 2.24) is 16.0 Å². The van der Waals surface area contributed by atoms with E-state index in [2.05, 4.69) is 16.0 Å². The number of aliphatic hydroxyl groups excluding tert-OH is 1. The molecule has 172 valence electrons. The van der Waals surface area contributed by atoms with Crippen molar-refractivity contribution in [2.45, 2.75) is 63.4 Å². The minimum absolute atomic E-state index is 0.0206. The number of rotatable bonds is 14. The summed E-state index contributed by atoms with van der Waals surface area (Å²) in [5, 5.41) is 25.5. The number of carbonyl (C=O) groups is 5. The summed E-state index contributed by atoms with van der Waals surface area (Å²) in [4.78, 5) is 58.8. The van der Waals surface area contributed by atoms with Gasteiger partial charge in [0, 0.05) is 6.42 Å². The Labute approximate surface area is 178 Å². The van der Waals surface area contributed by atoms with E-state index in [1.807, 2.05) is 6.26 Å². The quantitative estimate of drug-likeness (QED) is 0.146. The molecule has 0 saturated carbocycles. The van der Waals surface area contributed by atoms with Crippen molar-refractivity contribution in [3.05, 3.63) is 0 Å². The highest BCUT2D eigenvalue weighted by atomic mass is 32.2. The minimum Gasteiger partial charge on any atom is -0.480 e. The third kappa shape index (κ3) is 10.4. The number of nitrogens with two attached hydrogens (primary N) is 2. The number of aliphatic carboxylic acids is 1. The van der Waals surface area contributed by atoms with Gasteiger partial charge in [-0.15, -0.1) is 0 Å². The summed E-state index contributed by atoms with van der Waals surface area (Å²) in [6.45, 7) is 2.54. The molecule has 0 radical (unpaired) electrons. The van der Waals surface area contributed by atoms with Crippen LogP contribution in [-0.4, -0.2) is 82.1 Å². The Kier molecular flexibility index (Phi) is 12.7. The van der Waals surface area contributed by atoms with Crippen LogP contribution in [0.4, 0.5) is 0 Å². The first-order valence-corrected chi connectivity index (χ1v) is 10.6. The Bertz CT molecular complexity index is 632. The van der Waals surface area contributed by atoms with Gasteiger partial charge in [0.15, 0.2) is 6.04 Å². The van der Waals surface area contributed by atoms with Crippen molar-refractivity contribution >= 4 is 41.4 Å². The van der Waals surface area contributed by atoms with E-state index in [0.717, 1.165) is 0 Å². The Morgan fingerprint density at radius 3 is 2.03 bits per heavy atom. The van der Waals surface area contributed by atoms with Crippen LogP contribution in [-0.2, 0) is 24.0 Å². The molecule has 13 heteroatoms. The Morgan fingerprint density at radius 1 is 0.967 bits per heavy atom. The summed E-state index contributed by atoms with van der Waals surface area (Å²) in [6, 6.07) is -4.69. The van der Waals surface area contributed by atoms with Crippen LogP contribution in [0.15, 0.2) is 0 Å². The molecule has 0 saturated heterocycles. The van der Waals surface area contributed by atoms with Crippen LogP contribution in [0.5, 0.6) is 0 Å². The maximum Gasteiger partial charge on any atom is 0.328 e. The van der Waals surface area contributed by atoms with E-state index in [-0.39, 0.29) is 19.3 Å². The van der Waals surface area contributed by atoms with Gasteiger partial charge in [-0.25, -0.2) is 4.79 Å². The first-order chi connectivity index (χ1) is 13.9. The summed E-state index contributed by atoms with van der Waals surface area (Å²) in [5.41, 5.74) is 10.7. The van der Waals surface area contributed by atoms with Gasteiger partial charge >= 0.3 is 5.97 Å². The highest BCUT2D eigenvalue weighted by molar-refractivity contribution is 7.98. The van der Waals surface area contributed by atoms with Crippen molar-refractivity contribution in [2.75, 3.05) is 12.0 Å². The zero-order chi connectivity index (χ0) is 23.4. The molecule has 5 atom stereocenters. The van der Waals surface area contributed by atoms with Gasteiger partial charge in [0.25, 0.3) is 0 Å². The molecule has 0 heterocycles. The van der Waals surface area contributed by atoms with Crippen LogP contribution in [0.1, 0.15) is 33.1 Å². The fourth-order valence-electron chi connectivity index (χ4n) is 2.26. The zero-order valence-electron chi connectivity index (χ0n) is 17.2. The molecule has 0 spiro atoms. The lowest BCUT2D eigenvalue weighted by Gasteiger charge is -2.24. The molecule has 30 heavy (non-hydrogen) atoms. The Morgan fingerprint density at radius 2 is 1.57 bits per heavy atom. The lowest BCUT2D eigenvalue weighted by atomic mass is 10.1. The minimum atomic E-state index is -1.54. The van der Waals surface area contributed by atoms with Crippen molar-refractivity contribution in [3.8, 4) is 0 Å². The standard InChI is InChI=1S/C17H31N5O7S/c1-8(14(25)22-13(9(2)23)17(28)29)20-16(27)11(6-7-30-3)21-15(26)10(18)4-5-12(19)24/h8-11,13,23H,4-7,18H2,1-3H3,(H2,19,24)(H,20,27)(H,21,26)(H,22,25)(H,28,29). The average molecular weight is 450 g/mol. The highest BCUT2D eigenvalue weighted by Gasteiger charge is 2.29. The van der Waals surface area contributed by atoms with Crippen LogP contribution in [0.2, 0.25) is 0 Å². The molecular formula is C17H31N5O7S. The van der Waals surface area contributed by atoms with Crippen LogP contribution < -0.4 is 27.4 Å². The molecule has 0 aromatic heterocycles. The van der Waals surface area contributed by atoms with Crippen molar-refractivity contribution in [3.63, 3.8) is 0 Å². The lowest BCUT2D eigenvalue weighted by molar-refractivity contribution is -0.145. The lowest BCUT2D eigenvalue weighted by Crippen LogP contribution is -2.57. The van der Waals surface area contributed by atoms with E-state index < -0.39 is 59.9 Å². The molecule has 12 nitrogen and oxygen atoms in total. The van der Waals surface area contributed by atoms with Crippen molar-refractivity contribution < 1.29 is 34.2 Å². The van der Waals surface area contributed by atoms with Gasteiger partial charge in [0.2, 0.25) is 23.6 Å². The summed E-state index contributed by atoms with van der Waals surface area (Å²) in [5.74, 6) is -3.62. The molecular weight excluding hydrogens is 418 g/mol. The number of hydrogen-bond acceptors (Lipinski definition) is 8. The van der Waals surface area contributed by atoms with E-state index in [1.54, 1.807) is 0 Å². The molecule has 0 aromatic carbocycles. The first-order valence-electron chi connectivity index (χ1n) is 9.25. The second-order valence-electron chi connectivity index (χ2n) is 6.75. The fourth-order valence-corrected chi connectivity index (χ4v) is 2.73. The topological polar surface area (TPSA) is 214 Å². The molecule has 5 unspecified atom stereocenters. The number of nitrogens with one attached hydrogen (secondary N) is 3. The Hall–Kier alpha value is -2.38. The molecule has 0 fully saturated rings. The molecule has 0 aromatic rings. The molecule has 0 rings (SSSR count). The third-order valence-corrected chi connectivity index (χ3v) is 4.72. The molecule has 4 amide bonds. The van der Waals surface area contributed by atoms with Gasteiger partial charge in [-0.1, -0.05) is 0 Å². The van der Waals surface area contributed by atoms with Crippen LogP contribution in [0.25, 0.3) is 0 Å². The second kappa shape index (κ2) is 13.8.